The lowest BCUT2D eigenvalue weighted by Crippen LogP contribution is -2.30. The first-order valence-electron chi connectivity index (χ1n) is 5.35. The number of halogens is 1. The summed E-state index contributed by atoms with van der Waals surface area (Å²) in [7, 11) is 1.61. The number of thiazole rings is 1. The number of ether oxygens (including phenoxy) is 1. The Balaban J connectivity index is 2.28. The van der Waals surface area contributed by atoms with Crippen molar-refractivity contribution in [2.75, 3.05) is 12.4 Å². The minimum atomic E-state index is -0.609. The molecule has 0 bridgehead atoms. The van der Waals surface area contributed by atoms with E-state index in [4.69, 9.17) is 4.74 Å². The van der Waals surface area contributed by atoms with Crippen LogP contribution in [0.3, 0.4) is 0 Å². The van der Waals surface area contributed by atoms with E-state index in [9.17, 15) is 4.79 Å². The Morgan fingerprint density at radius 1 is 1.50 bits per heavy atom. The molecule has 0 aliphatic heterocycles. The lowest BCUT2D eigenvalue weighted by Gasteiger charge is -2.13. The molecule has 1 heterocycles. The topological polar surface area (TPSA) is 51.2 Å². The number of nitrogens with one attached hydrogen (secondary N) is 1. The zero-order valence-corrected chi connectivity index (χ0v) is 12.7. The number of benzene rings is 1. The van der Waals surface area contributed by atoms with Crippen molar-refractivity contribution in [2.45, 2.75) is 18.2 Å². The molecule has 4 nitrogen and oxygen atoms in total. The second-order valence-electron chi connectivity index (χ2n) is 4.28. The van der Waals surface area contributed by atoms with Gasteiger partial charge in [-0.3, -0.25) is 4.79 Å². The minimum Gasteiger partial charge on any atom is -0.497 e. The van der Waals surface area contributed by atoms with Gasteiger partial charge in [-0.25, -0.2) is 4.98 Å². The molecule has 1 amide bonds. The monoisotopic (exact) mass is 328 g/mol. The maximum atomic E-state index is 11.8. The van der Waals surface area contributed by atoms with Crippen molar-refractivity contribution >= 4 is 48.5 Å². The van der Waals surface area contributed by atoms with Gasteiger partial charge in [-0.15, -0.1) is 0 Å². The van der Waals surface area contributed by atoms with Gasteiger partial charge in [-0.2, -0.15) is 0 Å². The van der Waals surface area contributed by atoms with Gasteiger partial charge < -0.3 is 10.1 Å². The van der Waals surface area contributed by atoms with Crippen LogP contribution in [0.25, 0.3) is 10.2 Å². The van der Waals surface area contributed by atoms with Gasteiger partial charge in [-0.05, 0) is 26.0 Å². The van der Waals surface area contributed by atoms with Crippen LogP contribution >= 0.6 is 27.3 Å². The zero-order chi connectivity index (χ0) is 13.3. The van der Waals surface area contributed by atoms with Gasteiger partial charge in [0, 0.05) is 6.07 Å². The third-order valence-corrected chi connectivity index (χ3v) is 3.67. The zero-order valence-electron chi connectivity index (χ0n) is 10.3. The third kappa shape index (κ3) is 2.81. The van der Waals surface area contributed by atoms with Crippen LogP contribution in [0.5, 0.6) is 5.75 Å². The Labute approximate surface area is 117 Å². The quantitative estimate of drug-likeness (QED) is 0.878. The van der Waals surface area contributed by atoms with Gasteiger partial charge in [-0.1, -0.05) is 27.3 Å². The summed E-state index contributed by atoms with van der Waals surface area (Å²) < 4.78 is 5.54. The van der Waals surface area contributed by atoms with Crippen molar-refractivity contribution in [1.29, 1.82) is 0 Å². The highest BCUT2D eigenvalue weighted by atomic mass is 79.9. The fourth-order valence-electron chi connectivity index (χ4n) is 1.33. The number of rotatable bonds is 3. The molecule has 1 N–H and O–H groups in total. The summed E-state index contributed by atoms with van der Waals surface area (Å²) in [5.41, 5.74) is 0.821. The Bertz CT molecular complexity index is 589. The Morgan fingerprint density at radius 3 is 2.83 bits per heavy atom. The van der Waals surface area contributed by atoms with Crippen LogP contribution in [0.15, 0.2) is 18.2 Å². The predicted molar refractivity (Wildman–Crippen MR) is 77.8 cm³/mol. The highest BCUT2D eigenvalue weighted by Gasteiger charge is 2.24. The molecule has 0 radical (unpaired) electrons. The summed E-state index contributed by atoms with van der Waals surface area (Å²) in [6.07, 6.45) is 0. The molecule has 2 aromatic rings. The first-order chi connectivity index (χ1) is 8.40. The third-order valence-electron chi connectivity index (χ3n) is 2.36. The van der Waals surface area contributed by atoms with Gasteiger partial charge in [0.05, 0.1) is 21.7 Å². The van der Waals surface area contributed by atoms with Crippen LogP contribution in [-0.2, 0) is 4.79 Å². The molecule has 0 aliphatic carbocycles. The van der Waals surface area contributed by atoms with Crippen molar-refractivity contribution in [2.24, 2.45) is 0 Å². The summed E-state index contributed by atoms with van der Waals surface area (Å²) in [6.45, 7) is 3.58. The van der Waals surface area contributed by atoms with Crippen molar-refractivity contribution in [3.8, 4) is 5.75 Å². The van der Waals surface area contributed by atoms with E-state index in [1.165, 1.54) is 11.3 Å². The number of carbonyl (C=O) groups is 1. The Kier molecular flexibility index (Phi) is 3.59. The lowest BCUT2D eigenvalue weighted by molar-refractivity contribution is -0.117. The molecule has 6 heteroatoms. The molecule has 1 aromatic carbocycles. The van der Waals surface area contributed by atoms with E-state index in [0.29, 0.717) is 5.13 Å². The highest BCUT2D eigenvalue weighted by molar-refractivity contribution is 9.10. The number of alkyl halides is 1. The van der Waals surface area contributed by atoms with E-state index in [-0.39, 0.29) is 5.91 Å². The molecule has 18 heavy (non-hydrogen) atoms. The smallest absolute Gasteiger partial charge is 0.242 e. The summed E-state index contributed by atoms with van der Waals surface area (Å²) in [5, 5.41) is 3.38. The molecule has 1 aromatic heterocycles. The first-order valence-corrected chi connectivity index (χ1v) is 6.96. The second-order valence-corrected chi connectivity index (χ2v) is 7.29. The molecule has 0 aliphatic rings. The number of hydrogen-bond donors (Lipinski definition) is 1. The molecule has 2 rings (SSSR count). The molecule has 0 unspecified atom stereocenters. The van der Waals surface area contributed by atoms with Crippen LogP contribution in [0.1, 0.15) is 13.8 Å². The summed E-state index contributed by atoms with van der Waals surface area (Å²) in [5.74, 6) is 0.639. The Morgan fingerprint density at radius 2 is 2.22 bits per heavy atom. The van der Waals surface area contributed by atoms with E-state index in [2.05, 4.69) is 26.2 Å². The average Bonchev–Trinajstić information content (AvgIpc) is 2.68. The van der Waals surface area contributed by atoms with Crippen LogP contribution < -0.4 is 10.1 Å². The molecule has 0 fully saturated rings. The highest BCUT2D eigenvalue weighted by Crippen LogP contribution is 2.29. The average molecular weight is 329 g/mol. The molecule has 0 saturated carbocycles. The molecular formula is C12H13BrN2O2S. The van der Waals surface area contributed by atoms with Gasteiger partial charge in [0.25, 0.3) is 0 Å². The van der Waals surface area contributed by atoms with Gasteiger partial charge >= 0.3 is 0 Å². The normalized spacial score (nSPS) is 11.6. The number of anilines is 1. The number of nitrogens with zero attached hydrogens (tertiary/aromatic N) is 1. The van der Waals surface area contributed by atoms with Crippen molar-refractivity contribution < 1.29 is 9.53 Å². The summed E-state index contributed by atoms with van der Waals surface area (Å²) in [4.78, 5) is 16.2. The van der Waals surface area contributed by atoms with Crippen molar-refractivity contribution in [3.63, 3.8) is 0 Å². The predicted octanol–water partition coefficient (Wildman–Crippen LogP) is 3.42. The fourth-order valence-corrected chi connectivity index (χ4v) is 2.27. The van der Waals surface area contributed by atoms with E-state index in [0.717, 1.165) is 16.0 Å². The number of hydrogen-bond acceptors (Lipinski definition) is 4. The fraction of sp³-hybridized carbons (Fsp3) is 0.333. The minimum absolute atomic E-state index is 0.117. The number of amides is 1. The molecule has 0 atom stereocenters. The number of aromatic nitrogens is 1. The molecule has 96 valence electrons. The van der Waals surface area contributed by atoms with Crippen molar-refractivity contribution in [1.82, 2.24) is 4.98 Å². The van der Waals surface area contributed by atoms with Crippen LogP contribution in [0.2, 0.25) is 0 Å². The van der Waals surface area contributed by atoms with E-state index in [1.807, 2.05) is 18.2 Å². The number of carbonyl (C=O) groups excluding carboxylic acids is 1. The first kappa shape index (κ1) is 13.3. The Hall–Kier alpha value is -1.14. The maximum absolute atomic E-state index is 11.8. The van der Waals surface area contributed by atoms with E-state index in [1.54, 1.807) is 21.0 Å². The molecule has 0 saturated heterocycles. The maximum Gasteiger partial charge on any atom is 0.242 e. The standard InChI is InChI=1S/C12H13BrN2O2S/c1-12(2,13)10(16)15-11-14-8-6-7(17-3)4-5-9(8)18-11/h4-6H,1-3H3,(H,14,15,16). The largest absolute Gasteiger partial charge is 0.497 e. The lowest BCUT2D eigenvalue weighted by atomic mass is 10.2. The van der Waals surface area contributed by atoms with E-state index >= 15 is 0 Å². The van der Waals surface area contributed by atoms with Crippen LogP contribution in [0.4, 0.5) is 5.13 Å². The van der Waals surface area contributed by atoms with Crippen LogP contribution in [0, 0.1) is 0 Å². The second kappa shape index (κ2) is 4.85. The summed E-state index contributed by atoms with van der Waals surface area (Å²) in [6, 6.07) is 5.65. The SMILES string of the molecule is COc1ccc2sc(NC(=O)C(C)(C)Br)nc2c1. The molecular weight excluding hydrogens is 316 g/mol. The van der Waals surface area contributed by atoms with Crippen LogP contribution in [-0.4, -0.2) is 22.3 Å². The summed E-state index contributed by atoms with van der Waals surface area (Å²) >= 11 is 4.75. The van der Waals surface area contributed by atoms with Gasteiger partial charge in [0.1, 0.15) is 5.75 Å². The van der Waals surface area contributed by atoms with Crippen molar-refractivity contribution in [3.05, 3.63) is 18.2 Å². The number of fused-ring (bicyclic) bond motifs is 1. The number of methoxy groups -OCH3 is 1. The molecule has 0 spiro atoms. The van der Waals surface area contributed by atoms with Gasteiger partial charge in [0.15, 0.2) is 5.13 Å². The van der Waals surface area contributed by atoms with Gasteiger partial charge in [0.2, 0.25) is 5.91 Å². The van der Waals surface area contributed by atoms with E-state index < -0.39 is 4.32 Å².